The molecule has 10 nitrogen and oxygen atoms in total. The zero-order valence-electron chi connectivity index (χ0n) is 18.3. The van der Waals surface area contributed by atoms with Crippen molar-refractivity contribution in [1.82, 2.24) is 4.98 Å². The largest absolute Gasteiger partial charge is 0.489 e. The van der Waals surface area contributed by atoms with Gasteiger partial charge < -0.3 is 24.5 Å². The number of nitro benzene ring substituents is 1. The Morgan fingerprint density at radius 3 is 2.62 bits per heavy atom. The summed E-state index contributed by atoms with van der Waals surface area (Å²) in [5, 5.41) is 14.9. The number of hydrogen-bond donors (Lipinski definition) is 2. The van der Waals surface area contributed by atoms with Crippen molar-refractivity contribution in [3.8, 4) is 11.5 Å². The SMILES string of the molecule is O=C(COC(=O)c1ccc2[nH]c3c(c2c1)CCCC3)Nc1cc2c(cc1[N+](=O)[O-])OCCCO2. The number of amides is 1. The lowest BCUT2D eigenvalue weighted by Gasteiger charge is -2.12. The summed E-state index contributed by atoms with van der Waals surface area (Å²) in [6.07, 6.45) is 4.85. The van der Waals surface area contributed by atoms with Crippen LogP contribution in [0.25, 0.3) is 10.9 Å². The van der Waals surface area contributed by atoms with Gasteiger partial charge in [0.15, 0.2) is 18.1 Å². The second kappa shape index (κ2) is 9.05. The quantitative estimate of drug-likeness (QED) is 0.332. The molecule has 2 aromatic carbocycles. The number of hydrogen-bond acceptors (Lipinski definition) is 7. The lowest BCUT2D eigenvalue weighted by Crippen LogP contribution is -2.21. The van der Waals surface area contributed by atoms with E-state index >= 15 is 0 Å². The van der Waals surface area contributed by atoms with Gasteiger partial charge in [-0.15, -0.1) is 0 Å². The Morgan fingerprint density at radius 2 is 1.82 bits per heavy atom. The summed E-state index contributed by atoms with van der Waals surface area (Å²) in [5.74, 6) is -0.795. The van der Waals surface area contributed by atoms with Gasteiger partial charge in [0.1, 0.15) is 5.69 Å². The molecule has 0 fully saturated rings. The van der Waals surface area contributed by atoms with Crippen LogP contribution in [0.4, 0.5) is 11.4 Å². The first-order valence-electron chi connectivity index (χ1n) is 11.2. The van der Waals surface area contributed by atoms with Crippen molar-refractivity contribution < 1.29 is 28.7 Å². The third-order valence-corrected chi connectivity index (χ3v) is 6.00. The van der Waals surface area contributed by atoms with Crippen molar-refractivity contribution >= 4 is 34.2 Å². The molecule has 0 unspecified atom stereocenters. The van der Waals surface area contributed by atoms with Crippen LogP contribution < -0.4 is 14.8 Å². The standard InChI is InChI=1S/C24H23N3O7/c28-23(26-19-11-21-22(12-20(19)27(30)31)33-9-3-8-32-21)13-34-24(29)14-6-7-18-16(10-14)15-4-1-2-5-17(15)25-18/h6-7,10-12,25H,1-5,8-9,13H2,(H,26,28). The summed E-state index contributed by atoms with van der Waals surface area (Å²) < 4.78 is 16.2. The molecule has 2 N–H and O–H groups in total. The van der Waals surface area contributed by atoms with E-state index in [-0.39, 0.29) is 17.1 Å². The number of esters is 1. The van der Waals surface area contributed by atoms with Crippen LogP contribution in [0.3, 0.4) is 0 Å². The normalized spacial score (nSPS) is 14.7. The van der Waals surface area contributed by atoms with Crippen molar-refractivity contribution in [3.63, 3.8) is 0 Å². The highest BCUT2D eigenvalue weighted by Crippen LogP contribution is 2.39. The minimum absolute atomic E-state index is 0.0596. The van der Waals surface area contributed by atoms with Gasteiger partial charge in [-0.2, -0.15) is 0 Å². The summed E-state index contributed by atoms with van der Waals surface area (Å²) in [4.78, 5) is 39.3. The lowest BCUT2D eigenvalue weighted by atomic mass is 9.95. The van der Waals surface area contributed by atoms with Crippen molar-refractivity contribution in [3.05, 3.63) is 57.3 Å². The van der Waals surface area contributed by atoms with E-state index in [1.165, 1.54) is 23.4 Å². The Kier molecular flexibility index (Phi) is 5.79. The Bertz CT molecular complexity index is 1300. The van der Waals surface area contributed by atoms with Gasteiger partial charge >= 0.3 is 5.97 Å². The van der Waals surface area contributed by atoms with Crippen LogP contribution in [0.1, 0.15) is 40.9 Å². The summed E-state index contributed by atoms with van der Waals surface area (Å²) in [6.45, 7) is 0.182. The van der Waals surface area contributed by atoms with Gasteiger partial charge in [-0.3, -0.25) is 14.9 Å². The van der Waals surface area contributed by atoms with Crippen LogP contribution in [0.15, 0.2) is 30.3 Å². The van der Waals surface area contributed by atoms with Crippen LogP contribution in [0, 0.1) is 10.1 Å². The highest BCUT2D eigenvalue weighted by atomic mass is 16.6. The number of carbonyl (C=O) groups is 2. The summed E-state index contributed by atoms with van der Waals surface area (Å²) in [5.41, 5.74) is 3.36. The molecule has 1 amide bonds. The van der Waals surface area contributed by atoms with Crippen molar-refractivity contribution in [2.45, 2.75) is 32.1 Å². The molecule has 176 valence electrons. The second-order valence-electron chi connectivity index (χ2n) is 8.30. The number of anilines is 1. The van der Waals surface area contributed by atoms with E-state index in [4.69, 9.17) is 14.2 Å². The monoisotopic (exact) mass is 465 g/mol. The number of ether oxygens (including phenoxy) is 3. The predicted octanol–water partition coefficient (Wildman–Crippen LogP) is 3.91. The van der Waals surface area contributed by atoms with Crippen molar-refractivity contribution in [1.29, 1.82) is 0 Å². The first-order valence-corrected chi connectivity index (χ1v) is 11.2. The van der Waals surface area contributed by atoms with E-state index < -0.39 is 23.4 Å². The predicted molar refractivity (Wildman–Crippen MR) is 123 cm³/mol. The van der Waals surface area contributed by atoms with Crippen LogP contribution in [-0.4, -0.2) is 41.6 Å². The number of aryl methyl sites for hydroxylation is 2. The Hall–Kier alpha value is -4.08. The smallest absolute Gasteiger partial charge is 0.338 e. The fraction of sp³-hybridized carbons (Fsp3) is 0.333. The summed E-state index contributed by atoms with van der Waals surface area (Å²) >= 11 is 0. The zero-order valence-corrected chi connectivity index (χ0v) is 18.3. The fourth-order valence-electron chi connectivity index (χ4n) is 4.38. The molecule has 0 bridgehead atoms. The highest BCUT2D eigenvalue weighted by molar-refractivity contribution is 5.99. The van der Waals surface area contributed by atoms with Crippen LogP contribution in [0.2, 0.25) is 0 Å². The van der Waals surface area contributed by atoms with Gasteiger partial charge in [-0.25, -0.2) is 4.79 Å². The Labute approximate surface area is 194 Å². The minimum Gasteiger partial charge on any atom is -0.489 e. The van der Waals surface area contributed by atoms with Gasteiger partial charge in [-0.1, -0.05) is 0 Å². The molecule has 1 aliphatic carbocycles. The topological polar surface area (TPSA) is 133 Å². The summed E-state index contributed by atoms with van der Waals surface area (Å²) in [6, 6.07) is 7.84. The molecule has 0 spiro atoms. The average Bonchev–Trinajstić information content (AvgIpc) is 3.04. The minimum atomic E-state index is -0.703. The van der Waals surface area contributed by atoms with Crippen molar-refractivity contribution in [2.24, 2.45) is 0 Å². The molecule has 10 heteroatoms. The molecule has 2 aliphatic rings. The third kappa shape index (κ3) is 4.26. The van der Waals surface area contributed by atoms with E-state index in [0.717, 1.165) is 36.6 Å². The van der Waals surface area contributed by atoms with Crippen LogP contribution in [0.5, 0.6) is 11.5 Å². The van der Waals surface area contributed by atoms with E-state index in [1.54, 1.807) is 12.1 Å². The molecule has 1 aliphatic heterocycles. The van der Waals surface area contributed by atoms with E-state index in [2.05, 4.69) is 10.3 Å². The number of nitro groups is 1. The Balaban J connectivity index is 1.28. The first-order chi connectivity index (χ1) is 16.5. The van der Waals surface area contributed by atoms with E-state index in [1.807, 2.05) is 6.07 Å². The third-order valence-electron chi connectivity index (χ3n) is 6.00. The fourth-order valence-corrected chi connectivity index (χ4v) is 4.38. The molecule has 0 saturated heterocycles. The number of fused-ring (bicyclic) bond motifs is 4. The van der Waals surface area contributed by atoms with Crippen LogP contribution in [-0.2, 0) is 22.4 Å². The lowest BCUT2D eigenvalue weighted by molar-refractivity contribution is -0.384. The maximum atomic E-state index is 12.6. The second-order valence-corrected chi connectivity index (χ2v) is 8.30. The van der Waals surface area contributed by atoms with Gasteiger partial charge in [0, 0.05) is 29.1 Å². The number of aromatic nitrogens is 1. The number of nitrogens with one attached hydrogen (secondary N) is 2. The van der Waals surface area contributed by atoms with Crippen LogP contribution >= 0.6 is 0 Å². The van der Waals surface area contributed by atoms with Gasteiger partial charge in [0.25, 0.3) is 11.6 Å². The first kappa shape index (κ1) is 21.7. The zero-order chi connectivity index (χ0) is 23.7. The Morgan fingerprint density at radius 1 is 1.06 bits per heavy atom. The molecule has 2 heterocycles. The number of H-pyrrole nitrogens is 1. The summed E-state index contributed by atoms with van der Waals surface area (Å²) in [7, 11) is 0. The molecular weight excluding hydrogens is 442 g/mol. The molecule has 34 heavy (non-hydrogen) atoms. The van der Waals surface area contributed by atoms with Crippen molar-refractivity contribution in [2.75, 3.05) is 25.1 Å². The maximum Gasteiger partial charge on any atom is 0.338 e. The van der Waals surface area contributed by atoms with Gasteiger partial charge in [-0.05, 0) is 49.4 Å². The van der Waals surface area contributed by atoms with E-state index in [0.29, 0.717) is 30.9 Å². The van der Waals surface area contributed by atoms with E-state index in [9.17, 15) is 19.7 Å². The molecular formula is C24H23N3O7. The van der Waals surface area contributed by atoms with Gasteiger partial charge in [0.2, 0.25) is 0 Å². The average molecular weight is 465 g/mol. The molecule has 1 aromatic heterocycles. The van der Waals surface area contributed by atoms with Gasteiger partial charge in [0.05, 0.1) is 29.8 Å². The molecule has 0 saturated carbocycles. The molecule has 5 rings (SSSR count). The number of benzene rings is 2. The molecule has 0 atom stereocenters. The molecule has 3 aromatic rings. The number of rotatable bonds is 5. The maximum absolute atomic E-state index is 12.6. The number of aromatic amines is 1. The highest BCUT2D eigenvalue weighted by Gasteiger charge is 2.24. The number of nitrogens with zero attached hydrogens (tertiary/aromatic N) is 1. The molecule has 0 radical (unpaired) electrons. The number of carbonyl (C=O) groups excluding carboxylic acids is 2.